The minimum Gasteiger partial charge on any atom is -0.350 e. The number of hydrogen-bond acceptors (Lipinski definition) is 4. The van der Waals surface area contributed by atoms with Crippen LogP contribution >= 0.6 is 23.2 Å². The van der Waals surface area contributed by atoms with Crippen molar-refractivity contribution in [2.45, 2.75) is 71.0 Å². The molecule has 0 fully saturated rings. The van der Waals surface area contributed by atoms with E-state index in [1.54, 1.807) is 42.5 Å². The Labute approximate surface area is 288 Å². The number of sulfonamides is 1. The first kappa shape index (κ1) is 36.0. The van der Waals surface area contributed by atoms with E-state index < -0.39 is 34.1 Å². The standard InChI is InChI=1S/C37H41Cl2N3O4S/c1-25-12-17-31(18-13-25)47(45,46)42(30-16-14-26(2)27(3)20-30)24-35(43)41(23-29-15-19-32(38)33(39)21-29)34(36(44)40-37(4,5)6)22-28-10-8-7-9-11-28/h7-21,34H,22-24H2,1-6H3,(H,40,44)/t34-/m0/s1. The van der Waals surface area contributed by atoms with Crippen molar-refractivity contribution >= 4 is 50.7 Å². The minimum absolute atomic E-state index is 0.0177. The van der Waals surface area contributed by atoms with Gasteiger partial charge in [-0.1, -0.05) is 83.4 Å². The Morgan fingerprint density at radius 1 is 0.787 bits per heavy atom. The number of aryl methyl sites for hydroxylation is 3. The van der Waals surface area contributed by atoms with Crippen LogP contribution in [0.2, 0.25) is 10.0 Å². The largest absolute Gasteiger partial charge is 0.350 e. The van der Waals surface area contributed by atoms with Crippen LogP contribution in [-0.2, 0) is 32.6 Å². The molecule has 0 heterocycles. The summed E-state index contributed by atoms with van der Waals surface area (Å²) in [6.45, 7) is 10.7. The molecule has 0 spiro atoms. The van der Waals surface area contributed by atoms with Crippen molar-refractivity contribution in [2.75, 3.05) is 10.8 Å². The van der Waals surface area contributed by atoms with Crippen LogP contribution in [0.3, 0.4) is 0 Å². The maximum Gasteiger partial charge on any atom is 0.264 e. The third kappa shape index (κ3) is 9.37. The quantitative estimate of drug-likeness (QED) is 0.175. The average Bonchev–Trinajstić information content (AvgIpc) is 3.00. The topological polar surface area (TPSA) is 86.8 Å². The first-order chi connectivity index (χ1) is 22.0. The Morgan fingerprint density at radius 3 is 2.04 bits per heavy atom. The van der Waals surface area contributed by atoms with Gasteiger partial charge in [-0.05, 0) is 100 Å². The Bertz CT molecular complexity index is 1840. The summed E-state index contributed by atoms with van der Waals surface area (Å²) in [4.78, 5) is 30.2. The lowest BCUT2D eigenvalue weighted by atomic mass is 10.0. The number of carbonyl (C=O) groups is 2. The summed E-state index contributed by atoms with van der Waals surface area (Å²) < 4.78 is 29.7. The van der Waals surface area contributed by atoms with Gasteiger partial charge in [0, 0.05) is 18.5 Å². The second-order valence-electron chi connectivity index (χ2n) is 12.8. The first-order valence-electron chi connectivity index (χ1n) is 15.3. The molecule has 10 heteroatoms. The van der Waals surface area contributed by atoms with E-state index in [2.05, 4.69) is 5.32 Å². The number of benzene rings is 4. The molecule has 0 saturated carbocycles. The smallest absolute Gasteiger partial charge is 0.264 e. The second-order valence-corrected chi connectivity index (χ2v) is 15.5. The SMILES string of the molecule is Cc1ccc(S(=O)(=O)N(CC(=O)N(Cc2ccc(Cl)c(Cl)c2)[C@@H](Cc2ccccc2)C(=O)NC(C)(C)C)c2ccc(C)c(C)c2)cc1. The predicted molar refractivity (Wildman–Crippen MR) is 190 cm³/mol. The number of rotatable bonds is 11. The van der Waals surface area contributed by atoms with Gasteiger partial charge >= 0.3 is 0 Å². The van der Waals surface area contributed by atoms with Gasteiger partial charge < -0.3 is 10.2 Å². The van der Waals surface area contributed by atoms with E-state index in [0.29, 0.717) is 21.3 Å². The number of carbonyl (C=O) groups excluding carboxylic acids is 2. The van der Waals surface area contributed by atoms with Crippen LogP contribution in [0.15, 0.2) is 95.9 Å². The van der Waals surface area contributed by atoms with Crippen LogP contribution in [-0.4, -0.2) is 43.3 Å². The van der Waals surface area contributed by atoms with Crippen LogP contribution < -0.4 is 9.62 Å². The highest BCUT2D eigenvalue weighted by Crippen LogP contribution is 2.28. The zero-order valence-electron chi connectivity index (χ0n) is 27.6. The van der Waals surface area contributed by atoms with Gasteiger partial charge in [-0.25, -0.2) is 8.42 Å². The maximum atomic E-state index is 14.6. The maximum absolute atomic E-state index is 14.6. The molecule has 0 saturated heterocycles. The zero-order valence-corrected chi connectivity index (χ0v) is 29.9. The molecular formula is C37H41Cl2N3O4S. The fourth-order valence-electron chi connectivity index (χ4n) is 5.09. The summed E-state index contributed by atoms with van der Waals surface area (Å²) in [6, 6.07) is 25.2. The van der Waals surface area contributed by atoms with Gasteiger partial charge in [-0.3, -0.25) is 13.9 Å². The third-order valence-electron chi connectivity index (χ3n) is 7.77. The summed E-state index contributed by atoms with van der Waals surface area (Å²) >= 11 is 12.6. The number of hydrogen-bond donors (Lipinski definition) is 1. The molecule has 4 rings (SSSR count). The van der Waals surface area contributed by atoms with E-state index >= 15 is 0 Å². The molecule has 1 atom stereocenters. The van der Waals surface area contributed by atoms with Crippen molar-refractivity contribution in [1.82, 2.24) is 10.2 Å². The summed E-state index contributed by atoms with van der Waals surface area (Å²) in [6.07, 6.45) is 0.199. The average molecular weight is 695 g/mol. The summed E-state index contributed by atoms with van der Waals surface area (Å²) in [5.74, 6) is -0.927. The van der Waals surface area contributed by atoms with E-state index in [9.17, 15) is 18.0 Å². The van der Waals surface area contributed by atoms with Gasteiger partial charge in [-0.2, -0.15) is 0 Å². The van der Waals surface area contributed by atoms with Crippen molar-refractivity contribution in [3.63, 3.8) is 0 Å². The van der Waals surface area contributed by atoms with Gasteiger partial charge in [-0.15, -0.1) is 0 Å². The van der Waals surface area contributed by atoms with Crippen LogP contribution in [0, 0.1) is 20.8 Å². The summed E-state index contributed by atoms with van der Waals surface area (Å²) in [5.41, 5.74) is 3.98. The lowest BCUT2D eigenvalue weighted by Crippen LogP contribution is -2.56. The predicted octanol–water partition coefficient (Wildman–Crippen LogP) is 7.67. The van der Waals surface area contributed by atoms with Crippen molar-refractivity contribution in [3.05, 3.63) is 129 Å². The fraction of sp³-hybridized carbons (Fsp3) is 0.297. The normalized spacial score (nSPS) is 12.3. The Kier molecular flexibility index (Phi) is 11.4. The Morgan fingerprint density at radius 2 is 1.45 bits per heavy atom. The fourth-order valence-corrected chi connectivity index (χ4v) is 6.82. The second kappa shape index (κ2) is 14.9. The van der Waals surface area contributed by atoms with Crippen LogP contribution in [0.5, 0.6) is 0 Å². The van der Waals surface area contributed by atoms with Gasteiger partial charge in [0.05, 0.1) is 20.6 Å². The van der Waals surface area contributed by atoms with Crippen LogP contribution in [0.25, 0.3) is 0 Å². The number of anilines is 1. The van der Waals surface area contributed by atoms with Crippen LogP contribution in [0.1, 0.15) is 48.6 Å². The molecule has 0 aliphatic rings. The van der Waals surface area contributed by atoms with E-state index in [-0.39, 0.29) is 23.8 Å². The van der Waals surface area contributed by atoms with E-state index in [1.807, 2.05) is 77.9 Å². The third-order valence-corrected chi connectivity index (χ3v) is 10.3. The molecule has 7 nitrogen and oxygen atoms in total. The number of amides is 2. The molecule has 2 amide bonds. The van der Waals surface area contributed by atoms with Crippen molar-refractivity contribution < 1.29 is 18.0 Å². The molecule has 0 bridgehead atoms. The van der Waals surface area contributed by atoms with Gasteiger partial charge in [0.2, 0.25) is 11.8 Å². The number of nitrogens with one attached hydrogen (secondary N) is 1. The van der Waals surface area contributed by atoms with Crippen molar-refractivity contribution in [2.24, 2.45) is 0 Å². The Hall–Kier alpha value is -3.85. The molecule has 0 unspecified atom stereocenters. The highest BCUT2D eigenvalue weighted by Gasteiger charge is 2.35. The molecule has 0 radical (unpaired) electrons. The van der Waals surface area contributed by atoms with Gasteiger partial charge in [0.15, 0.2) is 0 Å². The highest BCUT2D eigenvalue weighted by atomic mass is 35.5. The monoisotopic (exact) mass is 693 g/mol. The van der Waals surface area contributed by atoms with Crippen molar-refractivity contribution in [3.8, 4) is 0 Å². The molecule has 0 aliphatic carbocycles. The lowest BCUT2D eigenvalue weighted by Gasteiger charge is -2.35. The van der Waals surface area contributed by atoms with Gasteiger partial charge in [0.1, 0.15) is 12.6 Å². The van der Waals surface area contributed by atoms with Gasteiger partial charge in [0.25, 0.3) is 10.0 Å². The van der Waals surface area contributed by atoms with E-state index in [4.69, 9.17) is 23.2 Å². The van der Waals surface area contributed by atoms with E-state index in [1.165, 1.54) is 17.0 Å². The van der Waals surface area contributed by atoms with E-state index in [0.717, 1.165) is 26.6 Å². The molecule has 248 valence electrons. The molecule has 4 aromatic rings. The highest BCUT2D eigenvalue weighted by molar-refractivity contribution is 7.92. The first-order valence-corrected chi connectivity index (χ1v) is 17.5. The number of halogens is 2. The Balaban J connectivity index is 1.85. The number of nitrogens with zero attached hydrogens (tertiary/aromatic N) is 2. The zero-order chi connectivity index (χ0) is 34.5. The van der Waals surface area contributed by atoms with Crippen molar-refractivity contribution in [1.29, 1.82) is 0 Å². The molecule has 0 aromatic heterocycles. The molecular weight excluding hydrogens is 653 g/mol. The minimum atomic E-state index is -4.20. The molecule has 4 aromatic carbocycles. The lowest BCUT2D eigenvalue weighted by molar-refractivity contribution is -0.140. The summed E-state index contributed by atoms with van der Waals surface area (Å²) in [7, 11) is -4.20. The summed E-state index contributed by atoms with van der Waals surface area (Å²) in [5, 5.41) is 3.68. The molecule has 1 N–H and O–H groups in total. The molecule has 0 aliphatic heterocycles. The molecule has 47 heavy (non-hydrogen) atoms. The van der Waals surface area contributed by atoms with Crippen LogP contribution in [0.4, 0.5) is 5.69 Å².